The van der Waals surface area contributed by atoms with Crippen LogP contribution in [0.4, 0.5) is 0 Å². The summed E-state index contributed by atoms with van der Waals surface area (Å²) in [6, 6.07) is 11.4. The number of nitrogens with zero attached hydrogens (tertiary/aromatic N) is 3. The Hall–Kier alpha value is -2.80. The average molecular weight is 430 g/mol. The molecule has 0 atom stereocenters. The Labute approximate surface area is 185 Å². The summed E-state index contributed by atoms with van der Waals surface area (Å²) in [7, 11) is 5.19. The Kier molecular flexibility index (Phi) is 10.1. The van der Waals surface area contributed by atoms with Crippen LogP contribution < -0.4 is 4.74 Å². The van der Waals surface area contributed by atoms with E-state index in [0.717, 1.165) is 29.8 Å². The number of methoxy groups -OCH3 is 2. The normalized spacial score (nSPS) is 10.7. The van der Waals surface area contributed by atoms with Gasteiger partial charge >= 0.3 is 0 Å². The topological polar surface area (TPSA) is 64.0 Å². The second kappa shape index (κ2) is 12.8. The second-order valence-electron chi connectivity index (χ2n) is 7.61. The lowest BCUT2D eigenvalue weighted by Crippen LogP contribution is -2.44. The fourth-order valence-corrected chi connectivity index (χ4v) is 3.28. The van der Waals surface area contributed by atoms with Crippen LogP contribution in [0.25, 0.3) is 0 Å². The van der Waals surface area contributed by atoms with E-state index in [4.69, 9.17) is 9.47 Å². The van der Waals surface area contributed by atoms with Gasteiger partial charge in [-0.2, -0.15) is 0 Å². The summed E-state index contributed by atoms with van der Waals surface area (Å²) in [5.74, 6) is 0.638. The first-order valence-electron chi connectivity index (χ1n) is 10.8. The molecule has 0 saturated heterocycles. The molecule has 0 unspecified atom stereocenters. The molecule has 2 amide bonds. The van der Waals surface area contributed by atoms with E-state index in [2.05, 4.69) is 6.92 Å². The quantitative estimate of drug-likeness (QED) is 0.491. The van der Waals surface area contributed by atoms with Gasteiger partial charge < -0.3 is 23.8 Å². The zero-order valence-electron chi connectivity index (χ0n) is 19.2. The molecule has 0 aliphatic heterocycles. The summed E-state index contributed by atoms with van der Waals surface area (Å²) in [6.45, 7) is 4.14. The lowest BCUT2D eigenvalue weighted by atomic mass is 10.1. The van der Waals surface area contributed by atoms with Crippen LogP contribution in [-0.4, -0.2) is 66.6 Å². The predicted molar refractivity (Wildman–Crippen MR) is 121 cm³/mol. The molecule has 0 saturated carbocycles. The first-order chi connectivity index (χ1) is 15.0. The molecular weight excluding hydrogens is 394 g/mol. The van der Waals surface area contributed by atoms with Gasteiger partial charge in [0.2, 0.25) is 11.8 Å². The molecular formula is C24H35N3O4. The van der Waals surface area contributed by atoms with Crippen LogP contribution in [0.15, 0.2) is 42.6 Å². The number of ether oxygens (including phenoxy) is 2. The number of benzene rings is 1. The lowest BCUT2D eigenvalue weighted by Gasteiger charge is -2.28. The SMILES string of the molecule is CCCCN(CC(=O)N(CCOC)Cc1cccn1C)C(=O)Cc1ccc(OC)cc1. The molecule has 0 N–H and O–H groups in total. The molecule has 7 heteroatoms. The smallest absolute Gasteiger partial charge is 0.242 e. The molecule has 2 aromatic rings. The van der Waals surface area contributed by atoms with Gasteiger partial charge in [-0.1, -0.05) is 25.5 Å². The number of rotatable bonds is 13. The van der Waals surface area contributed by atoms with E-state index >= 15 is 0 Å². The number of hydrogen-bond donors (Lipinski definition) is 0. The third-order valence-corrected chi connectivity index (χ3v) is 5.30. The van der Waals surface area contributed by atoms with Gasteiger partial charge in [-0.05, 0) is 36.2 Å². The highest BCUT2D eigenvalue weighted by Crippen LogP contribution is 2.13. The van der Waals surface area contributed by atoms with Gasteiger partial charge in [0.25, 0.3) is 0 Å². The first-order valence-corrected chi connectivity index (χ1v) is 10.8. The van der Waals surface area contributed by atoms with Crippen molar-refractivity contribution in [2.24, 2.45) is 7.05 Å². The van der Waals surface area contributed by atoms with Crippen LogP contribution in [-0.2, 0) is 34.3 Å². The zero-order chi connectivity index (χ0) is 22.6. The number of aromatic nitrogens is 1. The molecule has 0 aliphatic carbocycles. The fraction of sp³-hybridized carbons (Fsp3) is 0.500. The van der Waals surface area contributed by atoms with Crippen LogP contribution in [0.1, 0.15) is 31.0 Å². The molecule has 0 bridgehead atoms. The fourth-order valence-electron chi connectivity index (χ4n) is 3.28. The van der Waals surface area contributed by atoms with Crippen molar-refractivity contribution in [3.05, 3.63) is 53.9 Å². The Morgan fingerprint density at radius 1 is 1.00 bits per heavy atom. The highest BCUT2D eigenvalue weighted by atomic mass is 16.5. The maximum Gasteiger partial charge on any atom is 0.242 e. The zero-order valence-corrected chi connectivity index (χ0v) is 19.2. The number of unbranched alkanes of at least 4 members (excludes halogenated alkanes) is 1. The van der Waals surface area contributed by atoms with Gasteiger partial charge in [-0.3, -0.25) is 9.59 Å². The highest BCUT2D eigenvalue weighted by molar-refractivity contribution is 5.86. The van der Waals surface area contributed by atoms with Gasteiger partial charge in [0.05, 0.1) is 33.2 Å². The van der Waals surface area contributed by atoms with Gasteiger partial charge in [0.15, 0.2) is 0 Å². The van der Waals surface area contributed by atoms with Crippen molar-refractivity contribution in [3.8, 4) is 5.75 Å². The average Bonchev–Trinajstić information content (AvgIpc) is 3.18. The molecule has 2 rings (SSSR count). The number of carbonyl (C=O) groups is 2. The number of aryl methyl sites for hydroxylation is 1. The summed E-state index contributed by atoms with van der Waals surface area (Å²) in [5, 5.41) is 0. The Balaban J connectivity index is 2.08. The van der Waals surface area contributed by atoms with Crippen LogP contribution in [0, 0.1) is 0 Å². The molecule has 31 heavy (non-hydrogen) atoms. The Morgan fingerprint density at radius 2 is 1.74 bits per heavy atom. The van der Waals surface area contributed by atoms with Crippen LogP contribution >= 0.6 is 0 Å². The highest BCUT2D eigenvalue weighted by Gasteiger charge is 2.22. The molecule has 1 aromatic heterocycles. The minimum absolute atomic E-state index is 0.0440. The third-order valence-electron chi connectivity index (χ3n) is 5.30. The number of hydrogen-bond acceptors (Lipinski definition) is 4. The molecule has 0 radical (unpaired) electrons. The number of amides is 2. The summed E-state index contributed by atoms with van der Waals surface area (Å²) in [4.78, 5) is 29.6. The molecule has 7 nitrogen and oxygen atoms in total. The standard InChI is InChI=1S/C24H35N3O4/c1-5-6-14-26(23(28)17-20-9-11-22(31-4)12-10-20)19-24(29)27(15-16-30-3)18-21-8-7-13-25(21)2/h7-13H,5-6,14-19H2,1-4H3. The Bertz CT molecular complexity index is 816. The summed E-state index contributed by atoms with van der Waals surface area (Å²) >= 11 is 0. The van der Waals surface area contributed by atoms with E-state index in [9.17, 15) is 9.59 Å². The molecule has 1 aromatic carbocycles. The van der Waals surface area contributed by atoms with E-state index in [1.807, 2.05) is 54.2 Å². The first kappa shape index (κ1) is 24.5. The van der Waals surface area contributed by atoms with Crippen molar-refractivity contribution in [2.75, 3.05) is 40.5 Å². The van der Waals surface area contributed by atoms with Crippen molar-refractivity contribution in [2.45, 2.75) is 32.7 Å². The van der Waals surface area contributed by atoms with Crippen molar-refractivity contribution in [3.63, 3.8) is 0 Å². The van der Waals surface area contributed by atoms with Crippen molar-refractivity contribution in [1.29, 1.82) is 0 Å². The minimum atomic E-state index is -0.0718. The van der Waals surface area contributed by atoms with Crippen molar-refractivity contribution >= 4 is 11.8 Å². The largest absolute Gasteiger partial charge is 0.497 e. The Morgan fingerprint density at radius 3 is 2.32 bits per heavy atom. The van der Waals surface area contributed by atoms with E-state index in [1.165, 1.54) is 0 Å². The molecule has 170 valence electrons. The lowest BCUT2D eigenvalue weighted by molar-refractivity contribution is -0.141. The summed E-state index contributed by atoms with van der Waals surface area (Å²) in [5.41, 5.74) is 1.94. The van der Waals surface area contributed by atoms with E-state index in [0.29, 0.717) is 26.2 Å². The van der Waals surface area contributed by atoms with Crippen molar-refractivity contribution < 1.29 is 19.1 Å². The monoisotopic (exact) mass is 429 g/mol. The third kappa shape index (κ3) is 7.75. The van der Waals surface area contributed by atoms with E-state index < -0.39 is 0 Å². The van der Waals surface area contributed by atoms with E-state index in [1.54, 1.807) is 24.0 Å². The van der Waals surface area contributed by atoms with Gasteiger partial charge in [-0.25, -0.2) is 0 Å². The van der Waals surface area contributed by atoms with Crippen LogP contribution in [0.2, 0.25) is 0 Å². The van der Waals surface area contributed by atoms with Crippen molar-refractivity contribution in [1.82, 2.24) is 14.4 Å². The van der Waals surface area contributed by atoms with Gasteiger partial charge in [-0.15, -0.1) is 0 Å². The van der Waals surface area contributed by atoms with Gasteiger partial charge in [0.1, 0.15) is 5.75 Å². The molecule has 1 heterocycles. The maximum absolute atomic E-state index is 13.2. The molecule has 0 spiro atoms. The van der Waals surface area contributed by atoms with E-state index in [-0.39, 0.29) is 24.8 Å². The maximum atomic E-state index is 13.2. The predicted octanol–water partition coefficient (Wildman–Crippen LogP) is 2.88. The molecule has 0 aliphatic rings. The summed E-state index contributed by atoms with van der Waals surface area (Å²) < 4.78 is 12.4. The van der Waals surface area contributed by atoms with Crippen LogP contribution in [0.3, 0.4) is 0 Å². The molecule has 0 fully saturated rings. The van der Waals surface area contributed by atoms with Gasteiger partial charge in [0, 0.05) is 39.1 Å². The van der Waals surface area contributed by atoms with Crippen LogP contribution in [0.5, 0.6) is 5.75 Å². The number of carbonyl (C=O) groups excluding carboxylic acids is 2. The minimum Gasteiger partial charge on any atom is -0.497 e. The summed E-state index contributed by atoms with van der Waals surface area (Å²) in [6.07, 6.45) is 4.03. The second-order valence-corrected chi connectivity index (χ2v) is 7.61.